The number of anilines is 1. The Morgan fingerprint density at radius 2 is 1.70 bits per heavy atom. The maximum Gasteiger partial charge on any atom is 0.312 e. The van der Waals surface area contributed by atoms with Gasteiger partial charge in [0.2, 0.25) is 0 Å². The van der Waals surface area contributed by atoms with Crippen molar-refractivity contribution in [3.8, 4) is 17.2 Å². The van der Waals surface area contributed by atoms with E-state index in [9.17, 15) is 39.9 Å². The van der Waals surface area contributed by atoms with Crippen molar-refractivity contribution >= 4 is 55.7 Å². The maximum absolute atomic E-state index is 14.3. The lowest BCUT2D eigenvalue weighted by Gasteiger charge is -2.38. The molecule has 0 saturated heterocycles. The van der Waals surface area contributed by atoms with Crippen LogP contribution in [0.5, 0.6) is 17.2 Å². The van der Waals surface area contributed by atoms with Gasteiger partial charge in [0.05, 0.1) is 52.3 Å². The van der Waals surface area contributed by atoms with Crippen LogP contribution in [0.15, 0.2) is 36.1 Å². The van der Waals surface area contributed by atoms with Crippen molar-refractivity contribution in [3.63, 3.8) is 0 Å². The number of esters is 1. The predicted octanol–water partition coefficient (Wildman–Crippen LogP) is 5.15. The molecule has 4 bridgehead atoms. The zero-order chi connectivity index (χ0) is 40.0. The molecule has 0 fully saturated rings. The van der Waals surface area contributed by atoms with E-state index in [1.165, 1.54) is 46.3 Å². The number of hydrogen-bond acceptors (Lipinski definition) is 14. The molecule has 3 aromatic rings. The van der Waals surface area contributed by atoms with Gasteiger partial charge in [-0.25, -0.2) is 4.98 Å². The molecule has 0 saturated carbocycles. The van der Waals surface area contributed by atoms with Gasteiger partial charge in [-0.05, 0) is 19.9 Å². The number of rotatable bonds is 3. The van der Waals surface area contributed by atoms with E-state index < -0.39 is 89.6 Å². The van der Waals surface area contributed by atoms with E-state index in [-0.39, 0.29) is 54.1 Å². The number of benzene rings is 2. The number of hydrogen-bond donors (Lipinski definition) is 6. The molecule has 1 amide bonds. The van der Waals surface area contributed by atoms with E-state index in [1.54, 1.807) is 46.8 Å². The van der Waals surface area contributed by atoms with Crippen LogP contribution < -0.4 is 10.1 Å². The van der Waals surface area contributed by atoms with E-state index in [0.717, 1.165) is 11.3 Å². The molecule has 9 unspecified atom stereocenters. The Bertz CT molecular complexity index is 2070. The minimum absolute atomic E-state index is 0.00653. The number of amides is 1. The summed E-state index contributed by atoms with van der Waals surface area (Å²) in [6.45, 7) is 12.2. The van der Waals surface area contributed by atoms with Crippen LogP contribution in [0, 0.1) is 30.6 Å². The van der Waals surface area contributed by atoms with Crippen molar-refractivity contribution in [1.29, 1.82) is 0 Å². The van der Waals surface area contributed by atoms with Gasteiger partial charge in [-0.3, -0.25) is 14.4 Å². The average Bonchev–Trinajstić information content (AvgIpc) is 3.68. The monoisotopic (exact) mass is 768 g/mol. The summed E-state index contributed by atoms with van der Waals surface area (Å²) in [5, 5.41) is 58.8. The first-order chi connectivity index (χ1) is 25.4. The second kappa shape index (κ2) is 15.7. The van der Waals surface area contributed by atoms with Gasteiger partial charge < -0.3 is 49.8 Å². The Morgan fingerprint density at radius 3 is 2.33 bits per heavy atom. The quantitative estimate of drug-likeness (QED) is 0.150. The van der Waals surface area contributed by atoms with Crippen LogP contribution in [-0.2, 0) is 30.4 Å². The highest BCUT2D eigenvalue weighted by molar-refractivity contribution is 7.19. The van der Waals surface area contributed by atoms with Gasteiger partial charge in [0, 0.05) is 61.2 Å². The molecule has 6 N–H and O–H groups in total. The fraction of sp³-hybridized carbons (Fsp3) is 0.487. The lowest BCUT2D eigenvalue weighted by molar-refractivity contribution is -0.160. The average molecular weight is 769 g/mol. The highest BCUT2D eigenvalue weighted by atomic mass is 32.1. The number of Topliss-reactive ketones (excluding diaryl/α,β-unsaturated/α-hetero) is 1. The summed E-state index contributed by atoms with van der Waals surface area (Å²) in [4.78, 5) is 44.7. The summed E-state index contributed by atoms with van der Waals surface area (Å²) in [5.41, 5.74) is 0.350. The third kappa shape index (κ3) is 7.18. The molecule has 2 aliphatic rings. The number of aliphatic hydroxyl groups excluding tert-OH is 3. The van der Waals surface area contributed by atoms with Crippen molar-refractivity contribution in [2.45, 2.75) is 92.2 Å². The van der Waals surface area contributed by atoms with Crippen molar-refractivity contribution < 1.29 is 58.9 Å². The number of aromatic nitrogens is 1. The van der Waals surface area contributed by atoms with Gasteiger partial charge in [0.15, 0.2) is 5.75 Å². The zero-order valence-electron chi connectivity index (χ0n) is 31.7. The molecule has 9 atom stereocenters. The fourth-order valence-corrected chi connectivity index (χ4v) is 8.17. The van der Waals surface area contributed by atoms with Crippen molar-refractivity contribution in [2.75, 3.05) is 12.4 Å². The number of methoxy groups -OCH3 is 1. The molecule has 292 valence electrons. The SMILES string of the molecule is COC1C=COC2(C)Oc3c(C)c(O)c4c(O)c(c5sc(CO)nc5c4c3C2=O)NC(=O)C(C)=CC=CC(C)C(O)C(C)C(O)C(C)C(OC(C)=O)C1C. The predicted molar refractivity (Wildman–Crippen MR) is 201 cm³/mol. The number of aromatic hydroxyl groups is 2. The number of phenols is 2. The van der Waals surface area contributed by atoms with E-state index in [4.69, 9.17) is 18.9 Å². The third-order valence-corrected chi connectivity index (χ3v) is 11.6. The molecule has 2 aromatic carbocycles. The van der Waals surface area contributed by atoms with Crippen LogP contribution >= 0.6 is 11.3 Å². The number of nitrogens with one attached hydrogen (secondary N) is 1. The van der Waals surface area contributed by atoms with Crippen LogP contribution in [0.25, 0.3) is 21.0 Å². The van der Waals surface area contributed by atoms with E-state index in [1.807, 2.05) is 0 Å². The van der Waals surface area contributed by atoms with Gasteiger partial charge in [-0.1, -0.05) is 45.9 Å². The number of allylic oxidation sites excluding steroid dienone is 2. The second-order valence-electron chi connectivity index (χ2n) is 14.3. The van der Waals surface area contributed by atoms with Crippen molar-refractivity contribution in [3.05, 3.63) is 52.3 Å². The number of carbonyl (C=O) groups is 3. The first kappa shape index (κ1) is 40.6. The number of nitrogens with zero attached hydrogens (tertiary/aromatic N) is 1. The lowest BCUT2D eigenvalue weighted by Crippen LogP contribution is -2.46. The standard InChI is InChI=1S/C39H48N2O12S/c1-16-11-10-12-17(2)38(49)41-29-33(47)26-25(28-36(29)54-24(15-42)40-28)27-35(21(6)32(26)46)53-39(8,37(27)48)51-14-13-23(50-9)18(3)34(52-22(7)43)20(5)31(45)19(4)30(16)44/h10-14,16,18-20,23,30-31,34,42,44-47H,15H2,1-9H3,(H,41,49). The Balaban J connectivity index is 1.71. The van der Waals surface area contributed by atoms with Gasteiger partial charge >= 0.3 is 11.8 Å². The summed E-state index contributed by atoms with van der Waals surface area (Å²) in [5.74, 6) is -7.18. The molecule has 54 heavy (non-hydrogen) atoms. The summed E-state index contributed by atoms with van der Waals surface area (Å²) in [6.07, 6.45) is 3.72. The smallest absolute Gasteiger partial charge is 0.312 e. The Hall–Kier alpha value is -4.54. The number of ether oxygens (including phenoxy) is 4. The van der Waals surface area contributed by atoms with E-state index in [2.05, 4.69) is 10.3 Å². The van der Waals surface area contributed by atoms with E-state index in [0.29, 0.717) is 0 Å². The molecule has 14 nitrogen and oxygen atoms in total. The van der Waals surface area contributed by atoms with Crippen LogP contribution in [0.4, 0.5) is 5.69 Å². The highest BCUT2D eigenvalue weighted by Gasteiger charge is 2.49. The minimum Gasteiger partial charge on any atom is -0.507 e. The number of thiazole rings is 1. The molecule has 5 rings (SSSR count). The zero-order valence-corrected chi connectivity index (χ0v) is 32.5. The summed E-state index contributed by atoms with van der Waals surface area (Å²) < 4.78 is 23.8. The first-order valence-corrected chi connectivity index (χ1v) is 18.4. The fourth-order valence-electron chi connectivity index (χ4n) is 7.23. The normalized spacial score (nSPS) is 29.7. The molecule has 1 aromatic heterocycles. The first-order valence-electron chi connectivity index (χ1n) is 17.6. The number of fused-ring (bicyclic) bond motifs is 1. The second-order valence-corrected chi connectivity index (χ2v) is 15.4. The van der Waals surface area contributed by atoms with Crippen LogP contribution in [0.1, 0.15) is 69.4 Å². The Kier molecular flexibility index (Phi) is 11.8. The summed E-state index contributed by atoms with van der Waals surface area (Å²) >= 11 is 0.986. The minimum atomic E-state index is -1.97. The highest BCUT2D eigenvalue weighted by Crippen LogP contribution is 2.54. The number of aliphatic hydroxyl groups is 3. The molecule has 15 heteroatoms. The number of phenolic OH excluding ortho intramolecular Hbond substituents is 2. The van der Waals surface area contributed by atoms with Gasteiger partial charge in [0.1, 0.15) is 28.3 Å². The number of carbonyl (C=O) groups excluding carboxylic acids is 3. The third-order valence-electron chi connectivity index (χ3n) is 10.5. The lowest BCUT2D eigenvalue weighted by atomic mass is 9.78. The molecule has 0 aliphatic carbocycles. The molecule has 0 spiro atoms. The van der Waals surface area contributed by atoms with Gasteiger partial charge in [-0.2, -0.15) is 0 Å². The van der Waals surface area contributed by atoms with Gasteiger partial charge in [0.25, 0.3) is 11.7 Å². The Labute approximate surface area is 316 Å². The van der Waals surface area contributed by atoms with Crippen molar-refractivity contribution in [1.82, 2.24) is 4.98 Å². The maximum atomic E-state index is 14.3. The largest absolute Gasteiger partial charge is 0.507 e. The molecular weight excluding hydrogens is 720 g/mol. The van der Waals surface area contributed by atoms with Gasteiger partial charge in [-0.15, -0.1) is 11.3 Å². The Morgan fingerprint density at radius 1 is 1.02 bits per heavy atom. The molecule has 3 heterocycles. The topological polar surface area (TPSA) is 214 Å². The van der Waals surface area contributed by atoms with Crippen LogP contribution in [0.2, 0.25) is 0 Å². The summed E-state index contributed by atoms with van der Waals surface area (Å²) in [6, 6.07) is 0. The molecule has 0 radical (unpaired) electrons. The molecule has 2 aliphatic heterocycles. The number of ketones is 1. The summed E-state index contributed by atoms with van der Waals surface area (Å²) in [7, 11) is 1.44. The van der Waals surface area contributed by atoms with Crippen molar-refractivity contribution in [2.24, 2.45) is 23.7 Å². The van der Waals surface area contributed by atoms with Crippen LogP contribution in [0.3, 0.4) is 0 Å². The molecular formula is C39H48N2O12S. The van der Waals surface area contributed by atoms with E-state index >= 15 is 0 Å². The van der Waals surface area contributed by atoms with Crippen LogP contribution in [-0.4, -0.2) is 85.5 Å².